The molecule has 1 amide bonds. The van der Waals surface area contributed by atoms with E-state index in [1.165, 1.54) is 11.8 Å². The van der Waals surface area contributed by atoms with Crippen LogP contribution in [0.2, 0.25) is 0 Å². The zero-order chi connectivity index (χ0) is 15.2. The molecule has 110 valence electrons. The molecule has 0 spiro atoms. The predicted molar refractivity (Wildman–Crippen MR) is 83.9 cm³/mol. The topological polar surface area (TPSA) is 64.1 Å². The van der Waals surface area contributed by atoms with Crippen LogP contribution in [0, 0.1) is 13.8 Å². The molecular formula is C15H17N3O2S. The van der Waals surface area contributed by atoms with Gasteiger partial charge in [0, 0.05) is 23.1 Å². The number of benzene rings is 1. The van der Waals surface area contributed by atoms with E-state index in [9.17, 15) is 4.79 Å². The molecule has 5 nitrogen and oxygen atoms in total. The first-order valence-electron chi connectivity index (χ1n) is 6.46. The minimum Gasteiger partial charge on any atom is -0.497 e. The van der Waals surface area contributed by atoms with Gasteiger partial charge in [-0.1, -0.05) is 17.8 Å². The molecule has 1 aromatic heterocycles. The number of anilines is 1. The highest BCUT2D eigenvalue weighted by Gasteiger charge is 2.07. The summed E-state index contributed by atoms with van der Waals surface area (Å²) in [6.45, 7) is 3.82. The maximum absolute atomic E-state index is 11.9. The minimum atomic E-state index is -0.101. The first kappa shape index (κ1) is 15.3. The fraction of sp³-hybridized carbons (Fsp3) is 0.267. The third-order valence-electron chi connectivity index (χ3n) is 2.65. The minimum absolute atomic E-state index is 0.101. The zero-order valence-corrected chi connectivity index (χ0v) is 13.0. The molecule has 2 rings (SSSR count). The van der Waals surface area contributed by atoms with Crippen LogP contribution in [0.25, 0.3) is 0 Å². The Morgan fingerprint density at radius 2 is 1.95 bits per heavy atom. The van der Waals surface area contributed by atoms with Crippen LogP contribution in [0.4, 0.5) is 5.69 Å². The molecule has 0 saturated carbocycles. The summed E-state index contributed by atoms with van der Waals surface area (Å²) in [6, 6.07) is 9.15. The predicted octanol–water partition coefficient (Wildman–Crippen LogP) is 2.83. The Bertz CT molecular complexity index is 626. The van der Waals surface area contributed by atoms with Crippen LogP contribution >= 0.6 is 11.8 Å². The van der Waals surface area contributed by atoms with E-state index in [4.69, 9.17) is 4.74 Å². The Morgan fingerprint density at radius 3 is 2.62 bits per heavy atom. The van der Waals surface area contributed by atoms with E-state index >= 15 is 0 Å². The van der Waals surface area contributed by atoms with Crippen molar-refractivity contribution >= 4 is 23.4 Å². The summed E-state index contributed by atoms with van der Waals surface area (Å²) in [5.74, 6) is 0.870. The zero-order valence-electron chi connectivity index (χ0n) is 12.2. The molecule has 0 bridgehead atoms. The van der Waals surface area contributed by atoms with E-state index in [-0.39, 0.29) is 11.7 Å². The van der Waals surface area contributed by atoms with Gasteiger partial charge in [0.15, 0.2) is 5.16 Å². The van der Waals surface area contributed by atoms with Gasteiger partial charge in [0.1, 0.15) is 5.75 Å². The third kappa shape index (κ3) is 4.75. The van der Waals surface area contributed by atoms with Crippen molar-refractivity contribution in [1.29, 1.82) is 0 Å². The number of thioether (sulfide) groups is 1. The maximum atomic E-state index is 11.9. The summed E-state index contributed by atoms with van der Waals surface area (Å²) >= 11 is 1.32. The first-order chi connectivity index (χ1) is 10.1. The quantitative estimate of drug-likeness (QED) is 0.679. The van der Waals surface area contributed by atoms with Crippen LogP contribution in [0.3, 0.4) is 0 Å². The van der Waals surface area contributed by atoms with E-state index < -0.39 is 0 Å². The average Bonchev–Trinajstić information content (AvgIpc) is 2.44. The van der Waals surface area contributed by atoms with Crippen molar-refractivity contribution in [3.8, 4) is 5.75 Å². The standard InChI is InChI=1S/C15H17N3O2S/c1-10-7-11(2)17-15(16-10)21-9-14(19)18-12-5-4-6-13(8-12)20-3/h4-8H,9H2,1-3H3,(H,18,19). The second kappa shape index (κ2) is 7.08. The highest BCUT2D eigenvalue weighted by Crippen LogP contribution is 2.18. The SMILES string of the molecule is COc1cccc(NC(=O)CSc2nc(C)cc(C)n2)c1. The van der Waals surface area contributed by atoms with Crippen molar-refractivity contribution in [2.75, 3.05) is 18.2 Å². The van der Waals surface area contributed by atoms with Gasteiger partial charge in [0.2, 0.25) is 5.91 Å². The van der Waals surface area contributed by atoms with Gasteiger partial charge < -0.3 is 10.1 Å². The first-order valence-corrected chi connectivity index (χ1v) is 7.44. The van der Waals surface area contributed by atoms with Crippen molar-refractivity contribution in [1.82, 2.24) is 9.97 Å². The van der Waals surface area contributed by atoms with Crippen molar-refractivity contribution in [3.63, 3.8) is 0 Å². The number of rotatable bonds is 5. The number of nitrogens with zero attached hydrogens (tertiary/aromatic N) is 2. The van der Waals surface area contributed by atoms with Gasteiger partial charge in [-0.3, -0.25) is 4.79 Å². The van der Waals surface area contributed by atoms with E-state index in [1.807, 2.05) is 38.1 Å². The fourth-order valence-corrected chi connectivity index (χ4v) is 2.54. The highest BCUT2D eigenvalue weighted by atomic mass is 32.2. The Morgan fingerprint density at radius 1 is 1.24 bits per heavy atom. The van der Waals surface area contributed by atoms with Crippen molar-refractivity contribution in [2.45, 2.75) is 19.0 Å². The van der Waals surface area contributed by atoms with Gasteiger partial charge in [-0.05, 0) is 32.0 Å². The van der Waals surface area contributed by atoms with Gasteiger partial charge in [0.25, 0.3) is 0 Å². The smallest absolute Gasteiger partial charge is 0.234 e. The average molecular weight is 303 g/mol. The molecule has 21 heavy (non-hydrogen) atoms. The van der Waals surface area contributed by atoms with Gasteiger partial charge in [-0.2, -0.15) is 0 Å². The summed E-state index contributed by atoms with van der Waals surface area (Å²) in [4.78, 5) is 20.5. The monoisotopic (exact) mass is 303 g/mol. The molecular weight excluding hydrogens is 286 g/mol. The second-order valence-electron chi connectivity index (χ2n) is 4.50. The van der Waals surface area contributed by atoms with Crippen LogP contribution in [0.5, 0.6) is 5.75 Å². The molecule has 0 saturated heterocycles. The second-order valence-corrected chi connectivity index (χ2v) is 5.44. The number of ether oxygens (including phenoxy) is 1. The molecule has 0 aliphatic heterocycles. The molecule has 2 aromatic rings. The summed E-state index contributed by atoms with van der Waals surface area (Å²) in [6.07, 6.45) is 0. The van der Waals surface area contributed by atoms with Crippen LogP contribution in [-0.2, 0) is 4.79 Å². The van der Waals surface area contributed by atoms with Gasteiger partial charge in [-0.25, -0.2) is 9.97 Å². The molecule has 1 heterocycles. The normalized spacial score (nSPS) is 10.2. The van der Waals surface area contributed by atoms with Crippen molar-refractivity contribution < 1.29 is 9.53 Å². The Balaban J connectivity index is 1.92. The van der Waals surface area contributed by atoms with Gasteiger partial charge in [0.05, 0.1) is 12.9 Å². The van der Waals surface area contributed by atoms with Crippen LogP contribution < -0.4 is 10.1 Å². The summed E-state index contributed by atoms with van der Waals surface area (Å²) in [5.41, 5.74) is 2.51. The number of aromatic nitrogens is 2. The van der Waals surface area contributed by atoms with E-state index in [0.29, 0.717) is 16.6 Å². The molecule has 0 radical (unpaired) electrons. The molecule has 0 atom stereocenters. The van der Waals surface area contributed by atoms with Crippen molar-refractivity contribution in [3.05, 3.63) is 41.7 Å². The van der Waals surface area contributed by atoms with Crippen molar-refractivity contribution in [2.24, 2.45) is 0 Å². The number of hydrogen-bond donors (Lipinski definition) is 1. The molecule has 0 aliphatic rings. The summed E-state index contributed by atoms with van der Waals surface area (Å²) in [5, 5.41) is 3.44. The summed E-state index contributed by atoms with van der Waals surface area (Å²) < 4.78 is 5.12. The maximum Gasteiger partial charge on any atom is 0.234 e. The lowest BCUT2D eigenvalue weighted by Gasteiger charge is -2.07. The molecule has 1 aromatic carbocycles. The molecule has 0 unspecified atom stereocenters. The number of amides is 1. The van der Waals surface area contributed by atoms with Gasteiger partial charge in [-0.15, -0.1) is 0 Å². The molecule has 1 N–H and O–H groups in total. The van der Waals surface area contributed by atoms with E-state index in [1.54, 1.807) is 13.2 Å². The molecule has 6 heteroatoms. The molecule has 0 fully saturated rings. The third-order valence-corrected chi connectivity index (χ3v) is 3.49. The number of carbonyl (C=O) groups is 1. The number of methoxy groups -OCH3 is 1. The number of aryl methyl sites for hydroxylation is 2. The Kier molecular flexibility index (Phi) is 5.16. The van der Waals surface area contributed by atoms with Crippen LogP contribution in [-0.4, -0.2) is 28.7 Å². The lowest BCUT2D eigenvalue weighted by atomic mass is 10.3. The fourth-order valence-electron chi connectivity index (χ4n) is 1.79. The Hall–Kier alpha value is -2.08. The number of hydrogen-bond acceptors (Lipinski definition) is 5. The van der Waals surface area contributed by atoms with E-state index in [2.05, 4.69) is 15.3 Å². The largest absolute Gasteiger partial charge is 0.497 e. The lowest BCUT2D eigenvalue weighted by molar-refractivity contribution is -0.113. The van der Waals surface area contributed by atoms with Gasteiger partial charge >= 0.3 is 0 Å². The number of carbonyl (C=O) groups excluding carboxylic acids is 1. The number of nitrogens with one attached hydrogen (secondary N) is 1. The lowest BCUT2D eigenvalue weighted by Crippen LogP contribution is -2.14. The van der Waals surface area contributed by atoms with E-state index in [0.717, 1.165) is 11.4 Å². The summed E-state index contributed by atoms with van der Waals surface area (Å²) in [7, 11) is 1.59. The Labute approximate surface area is 128 Å². The van der Waals surface area contributed by atoms with Crippen LogP contribution in [0.1, 0.15) is 11.4 Å². The highest BCUT2D eigenvalue weighted by molar-refractivity contribution is 7.99. The molecule has 0 aliphatic carbocycles. The van der Waals surface area contributed by atoms with Crippen LogP contribution in [0.15, 0.2) is 35.5 Å².